The summed E-state index contributed by atoms with van der Waals surface area (Å²) < 4.78 is 20.5. The minimum Gasteiger partial charge on any atom is -0.492 e. The monoisotopic (exact) mass is 578 g/mol. The molecule has 0 radical (unpaired) electrons. The van der Waals surface area contributed by atoms with Crippen LogP contribution in [0.5, 0.6) is 5.75 Å². The Morgan fingerprint density at radius 2 is 1.79 bits per heavy atom. The first-order chi connectivity index (χ1) is 20.7. The van der Waals surface area contributed by atoms with Crippen LogP contribution in [0.15, 0.2) is 67.4 Å². The summed E-state index contributed by atoms with van der Waals surface area (Å²) >= 11 is 0. The number of hydrogen-bond acceptors (Lipinski definition) is 7. The third kappa shape index (κ3) is 5.93. The molecule has 1 amide bonds. The highest BCUT2D eigenvalue weighted by Crippen LogP contribution is 2.35. The molecule has 218 valence electrons. The molecule has 6 rings (SSSR count). The number of anilines is 1. The minimum atomic E-state index is -0.384. The van der Waals surface area contributed by atoms with Crippen molar-refractivity contribution >= 4 is 33.4 Å². The number of hydrogen-bond donors (Lipinski definition) is 3. The second kappa shape index (κ2) is 11.6. The quantitative estimate of drug-likeness (QED) is 0.195. The number of rotatable bonds is 9. The lowest BCUT2D eigenvalue weighted by Crippen LogP contribution is -2.19. The molecule has 6 aromatic rings. The highest BCUT2D eigenvalue weighted by atomic mass is 19.1. The highest BCUT2D eigenvalue weighted by molar-refractivity contribution is 6.01. The van der Waals surface area contributed by atoms with Crippen molar-refractivity contribution in [3.63, 3.8) is 0 Å². The van der Waals surface area contributed by atoms with Gasteiger partial charge >= 0.3 is 0 Å². The van der Waals surface area contributed by atoms with E-state index in [1.54, 1.807) is 31.0 Å². The van der Waals surface area contributed by atoms with Crippen molar-refractivity contribution in [1.29, 1.82) is 0 Å². The Morgan fingerprint density at radius 1 is 0.953 bits per heavy atom. The molecule has 11 heteroatoms. The number of nitrogens with one attached hydrogen (secondary N) is 3. The summed E-state index contributed by atoms with van der Waals surface area (Å²) in [5, 5.41) is 12.2. The van der Waals surface area contributed by atoms with Gasteiger partial charge in [-0.25, -0.2) is 4.39 Å². The van der Waals surface area contributed by atoms with Crippen LogP contribution >= 0.6 is 0 Å². The van der Waals surface area contributed by atoms with Crippen molar-refractivity contribution in [2.75, 3.05) is 32.6 Å². The van der Waals surface area contributed by atoms with Crippen LogP contribution in [-0.2, 0) is 4.79 Å². The Labute approximate surface area is 247 Å². The van der Waals surface area contributed by atoms with Crippen molar-refractivity contribution < 1.29 is 13.9 Å². The van der Waals surface area contributed by atoms with E-state index < -0.39 is 0 Å². The molecule has 10 nitrogen and oxygen atoms in total. The fraction of sp³-hybridized carbons (Fsp3) is 0.219. The first kappa shape index (κ1) is 28.0. The van der Waals surface area contributed by atoms with Crippen molar-refractivity contribution in [2.24, 2.45) is 5.92 Å². The number of aromatic nitrogens is 6. The molecule has 0 saturated heterocycles. The maximum atomic E-state index is 14.6. The number of ether oxygens (including phenoxy) is 1. The average Bonchev–Trinajstić information content (AvgIpc) is 3.60. The maximum absolute atomic E-state index is 14.6. The molecule has 0 aliphatic rings. The smallest absolute Gasteiger partial charge is 0.226 e. The van der Waals surface area contributed by atoms with Crippen molar-refractivity contribution in [1.82, 2.24) is 35.0 Å². The van der Waals surface area contributed by atoms with Crippen LogP contribution < -0.4 is 10.1 Å². The Balaban J connectivity index is 1.36. The fourth-order valence-electron chi connectivity index (χ4n) is 4.77. The predicted molar refractivity (Wildman–Crippen MR) is 165 cm³/mol. The Hall–Kier alpha value is -5.16. The minimum absolute atomic E-state index is 0.0847. The zero-order valence-electron chi connectivity index (χ0n) is 24.3. The number of pyridine rings is 3. The molecule has 0 fully saturated rings. The highest BCUT2D eigenvalue weighted by Gasteiger charge is 2.17. The molecule has 0 unspecified atom stereocenters. The standard InChI is InChI=1S/C32H31FN8O2/c1-18(2)32(42)37-22-8-20(13-34-14-22)27-12-25-30(17-36-27)39-40-31(25)28-11-24-26(15-35-16-29(24)38-28)19-7-21(33)10-23(9-19)43-6-5-41(3)4/h7-18,38H,5-6H2,1-4H3,(H,37,42)(H,39,40). The van der Waals surface area contributed by atoms with Crippen LogP contribution in [0.2, 0.25) is 0 Å². The molecular formula is C32H31FN8O2. The first-order valence-electron chi connectivity index (χ1n) is 13.9. The van der Waals surface area contributed by atoms with E-state index in [0.717, 1.165) is 45.2 Å². The van der Waals surface area contributed by atoms with Crippen LogP contribution in [0.3, 0.4) is 0 Å². The predicted octanol–water partition coefficient (Wildman–Crippen LogP) is 5.90. The SMILES string of the molecule is CC(C)C(=O)Nc1cncc(-c2cc3c(-c4cc5c(-c6cc(F)cc(OCCN(C)C)c6)cncc5[nH]4)n[nH]c3cn2)c1. The zero-order chi connectivity index (χ0) is 30.1. The van der Waals surface area contributed by atoms with Gasteiger partial charge in [0, 0.05) is 52.8 Å². The van der Waals surface area contributed by atoms with Crippen molar-refractivity contribution in [3.8, 4) is 39.5 Å². The summed E-state index contributed by atoms with van der Waals surface area (Å²) in [5.41, 5.74) is 6.49. The summed E-state index contributed by atoms with van der Waals surface area (Å²) in [7, 11) is 3.92. The van der Waals surface area contributed by atoms with Gasteiger partial charge in [0.2, 0.25) is 5.91 Å². The van der Waals surface area contributed by atoms with E-state index in [2.05, 4.69) is 35.5 Å². The van der Waals surface area contributed by atoms with Crippen molar-refractivity contribution in [2.45, 2.75) is 13.8 Å². The van der Waals surface area contributed by atoms with E-state index in [-0.39, 0.29) is 17.6 Å². The molecule has 5 aromatic heterocycles. The molecule has 0 bridgehead atoms. The van der Waals surface area contributed by atoms with Crippen LogP contribution in [0.25, 0.3) is 55.6 Å². The number of nitrogens with zero attached hydrogens (tertiary/aromatic N) is 5. The van der Waals surface area contributed by atoms with Gasteiger partial charge in [-0.2, -0.15) is 5.10 Å². The number of carbonyl (C=O) groups excluding carboxylic acids is 1. The maximum Gasteiger partial charge on any atom is 0.226 e. The topological polar surface area (TPSA) is 125 Å². The van der Waals surface area contributed by atoms with Gasteiger partial charge in [0.1, 0.15) is 23.9 Å². The van der Waals surface area contributed by atoms with E-state index in [9.17, 15) is 9.18 Å². The zero-order valence-corrected chi connectivity index (χ0v) is 24.3. The van der Waals surface area contributed by atoms with Gasteiger partial charge in [-0.05, 0) is 50.0 Å². The van der Waals surface area contributed by atoms with Gasteiger partial charge < -0.3 is 19.9 Å². The molecule has 43 heavy (non-hydrogen) atoms. The number of benzene rings is 1. The lowest BCUT2D eigenvalue weighted by Gasteiger charge is -2.12. The van der Waals surface area contributed by atoms with E-state index in [1.165, 1.54) is 12.1 Å². The Kier molecular flexibility index (Phi) is 7.56. The Morgan fingerprint density at radius 3 is 2.60 bits per heavy atom. The molecule has 0 spiro atoms. The number of fused-ring (bicyclic) bond motifs is 2. The van der Waals surface area contributed by atoms with Crippen molar-refractivity contribution in [3.05, 3.63) is 73.2 Å². The van der Waals surface area contributed by atoms with E-state index in [4.69, 9.17) is 4.74 Å². The van der Waals surface area contributed by atoms with Gasteiger partial charge in [0.25, 0.3) is 0 Å². The average molecular weight is 579 g/mol. The molecule has 3 N–H and O–H groups in total. The molecule has 1 aromatic carbocycles. The molecular weight excluding hydrogens is 547 g/mol. The summed E-state index contributed by atoms with van der Waals surface area (Å²) in [6, 6.07) is 10.5. The Bertz CT molecular complexity index is 1950. The number of aromatic amines is 2. The summed E-state index contributed by atoms with van der Waals surface area (Å²) in [6.45, 7) is 4.84. The van der Waals surface area contributed by atoms with Crippen LogP contribution in [-0.4, -0.2) is 68.2 Å². The van der Waals surface area contributed by atoms with Gasteiger partial charge in [-0.1, -0.05) is 13.8 Å². The third-order valence-corrected chi connectivity index (χ3v) is 7.06. The molecule has 5 heterocycles. The summed E-state index contributed by atoms with van der Waals surface area (Å²) in [6.07, 6.45) is 8.50. The molecule has 0 atom stereocenters. The fourth-order valence-corrected chi connectivity index (χ4v) is 4.77. The van der Waals surface area contributed by atoms with E-state index in [0.29, 0.717) is 35.0 Å². The van der Waals surface area contributed by atoms with Crippen LogP contribution in [0.4, 0.5) is 10.1 Å². The number of carbonyl (C=O) groups is 1. The lowest BCUT2D eigenvalue weighted by atomic mass is 10.0. The van der Waals surface area contributed by atoms with Gasteiger partial charge in [0.05, 0.1) is 46.7 Å². The lowest BCUT2D eigenvalue weighted by molar-refractivity contribution is -0.118. The van der Waals surface area contributed by atoms with Crippen LogP contribution in [0, 0.1) is 11.7 Å². The second-order valence-corrected chi connectivity index (χ2v) is 11.0. The number of halogens is 1. The van der Waals surface area contributed by atoms with Gasteiger partial charge in [-0.3, -0.25) is 24.8 Å². The largest absolute Gasteiger partial charge is 0.492 e. The molecule has 0 aliphatic heterocycles. The third-order valence-electron chi connectivity index (χ3n) is 7.06. The number of likely N-dealkylation sites (N-methyl/N-ethyl adjacent to an activating group) is 1. The van der Waals surface area contributed by atoms with Crippen LogP contribution in [0.1, 0.15) is 13.8 Å². The second-order valence-electron chi connectivity index (χ2n) is 11.0. The van der Waals surface area contributed by atoms with Gasteiger partial charge in [0.15, 0.2) is 0 Å². The van der Waals surface area contributed by atoms with E-state index >= 15 is 0 Å². The van der Waals surface area contributed by atoms with Gasteiger partial charge in [-0.15, -0.1) is 0 Å². The summed E-state index contributed by atoms with van der Waals surface area (Å²) in [4.78, 5) is 30.9. The first-order valence-corrected chi connectivity index (χ1v) is 13.9. The number of H-pyrrole nitrogens is 2. The summed E-state index contributed by atoms with van der Waals surface area (Å²) in [5.74, 6) is -0.155. The molecule has 0 aliphatic carbocycles. The van der Waals surface area contributed by atoms with E-state index in [1.807, 2.05) is 57.1 Å². The number of amides is 1. The normalized spacial score (nSPS) is 11.6. The molecule has 0 saturated carbocycles.